The molecule has 0 aromatic heterocycles. The van der Waals surface area contributed by atoms with Gasteiger partial charge in [-0.3, -0.25) is 14.5 Å². The molecule has 0 aliphatic carbocycles. The summed E-state index contributed by atoms with van der Waals surface area (Å²) in [4.78, 5) is 41.2. The Morgan fingerprint density at radius 2 is 1.74 bits per heavy atom. The van der Waals surface area contributed by atoms with Crippen LogP contribution in [0.5, 0.6) is 5.75 Å². The second-order valence-electron chi connectivity index (χ2n) is 10.9. The average molecular weight is 520 g/mol. The highest BCUT2D eigenvalue weighted by Gasteiger charge is 2.37. The Kier molecular flexibility index (Phi) is 9.72. The fourth-order valence-corrected chi connectivity index (χ4v) is 3.66. The molecule has 0 spiro atoms. The molecule has 202 valence electrons. The van der Waals surface area contributed by atoms with Crippen molar-refractivity contribution in [1.82, 2.24) is 15.5 Å². The molecule has 2 atom stereocenters. The Morgan fingerprint density at radius 1 is 1.11 bits per heavy atom. The number of phenolic OH excluding ortho intramolecular Hbond substituents is 1. The summed E-state index contributed by atoms with van der Waals surface area (Å²) < 4.78 is 5.37. The summed E-state index contributed by atoms with van der Waals surface area (Å²) in [6, 6.07) is 13.2. The zero-order valence-corrected chi connectivity index (χ0v) is 22.9. The van der Waals surface area contributed by atoms with Gasteiger partial charge in [0, 0.05) is 18.0 Å². The van der Waals surface area contributed by atoms with Crippen LogP contribution < -0.4 is 10.6 Å². The fourth-order valence-electron chi connectivity index (χ4n) is 3.66. The summed E-state index contributed by atoms with van der Waals surface area (Å²) in [6.45, 7) is 14.4. The quantitative estimate of drug-likeness (QED) is 0.350. The molecule has 0 fully saturated rings. The third kappa shape index (κ3) is 9.00. The maximum Gasteiger partial charge on any atom is 0.408 e. The second kappa shape index (κ2) is 12.3. The SMILES string of the molecule is C#CN(C(=O)C(Cc1ccc(O)cc1)NC(=O)OC(C)(C)C)C(C(=O)NC(C)(C)C)c1cccc(C=C)c1. The van der Waals surface area contributed by atoms with Gasteiger partial charge in [0.15, 0.2) is 0 Å². The number of benzene rings is 2. The normalized spacial score (nSPS) is 12.9. The molecule has 8 heteroatoms. The summed E-state index contributed by atoms with van der Waals surface area (Å²) in [6.07, 6.45) is 6.70. The highest BCUT2D eigenvalue weighted by Crippen LogP contribution is 2.25. The first kappa shape index (κ1) is 30.0. The van der Waals surface area contributed by atoms with Gasteiger partial charge in [0.05, 0.1) is 0 Å². The Morgan fingerprint density at radius 3 is 2.26 bits per heavy atom. The van der Waals surface area contributed by atoms with Crippen molar-refractivity contribution in [2.24, 2.45) is 0 Å². The number of terminal acetylenes is 1. The van der Waals surface area contributed by atoms with Gasteiger partial charge in [-0.25, -0.2) is 4.79 Å². The maximum absolute atomic E-state index is 13.9. The van der Waals surface area contributed by atoms with E-state index < -0.39 is 41.1 Å². The number of phenols is 1. The molecule has 0 aliphatic heterocycles. The van der Waals surface area contributed by atoms with E-state index in [9.17, 15) is 19.5 Å². The third-order valence-corrected chi connectivity index (χ3v) is 5.21. The zero-order valence-electron chi connectivity index (χ0n) is 22.9. The minimum Gasteiger partial charge on any atom is -0.508 e. The van der Waals surface area contributed by atoms with Crippen molar-refractivity contribution in [3.63, 3.8) is 0 Å². The summed E-state index contributed by atoms with van der Waals surface area (Å²) in [5, 5.41) is 15.2. The summed E-state index contributed by atoms with van der Waals surface area (Å²) >= 11 is 0. The summed E-state index contributed by atoms with van der Waals surface area (Å²) in [5.74, 6) is -1.10. The topological polar surface area (TPSA) is 108 Å². The van der Waals surface area contributed by atoms with E-state index in [0.29, 0.717) is 11.1 Å². The van der Waals surface area contributed by atoms with E-state index in [2.05, 4.69) is 23.3 Å². The van der Waals surface area contributed by atoms with Gasteiger partial charge >= 0.3 is 6.09 Å². The molecule has 3 amide bonds. The Labute approximate surface area is 225 Å². The van der Waals surface area contributed by atoms with Crippen molar-refractivity contribution in [3.05, 3.63) is 71.8 Å². The number of amides is 3. The predicted octanol–water partition coefficient (Wildman–Crippen LogP) is 4.55. The van der Waals surface area contributed by atoms with Gasteiger partial charge in [0.2, 0.25) is 5.91 Å². The highest BCUT2D eigenvalue weighted by molar-refractivity contribution is 5.93. The predicted molar refractivity (Wildman–Crippen MR) is 148 cm³/mol. The van der Waals surface area contributed by atoms with Crippen LogP contribution in [0.3, 0.4) is 0 Å². The number of rotatable bonds is 8. The first-order chi connectivity index (χ1) is 17.6. The van der Waals surface area contributed by atoms with Gasteiger partial charge in [-0.2, -0.15) is 0 Å². The lowest BCUT2D eigenvalue weighted by molar-refractivity contribution is -0.139. The molecular formula is C30H37N3O5. The number of alkyl carbamates (subject to hydrolysis) is 1. The molecule has 0 bridgehead atoms. The lowest BCUT2D eigenvalue weighted by Gasteiger charge is -2.32. The van der Waals surface area contributed by atoms with Gasteiger partial charge in [0.25, 0.3) is 5.91 Å². The number of aromatic hydroxyl groups is 1. The van der Waals surface area contributed by atoms with Crippen LogP contribution in [0.1, 0.15) is 64.3 Å². The average Bonchev–Trinajstić information content (AvgIpc) is 2.80. The van der Waals surface area contributed by atoms with Gasteiger partial charge in [-0.15, -0.1) is 0 Å². The second-order valence-corrected chi connectivity index (χ2v) is 10.9. The first-order valence-electron chi connectivity index (χ1n) is 12.2. The highest BCUT2D eigenvalue weighted by atomic mass is 16.6. The van der Waals surface area contributed by atoms with Crippen LogP contribution in [0.15, 0.2) is 55.1 Å². The van der Waals surface area contributed by atoms with Crippen molar-refractivity contribution in [3.8, 4) is 18.2 Å². The van der Waals surface area contributed by atoms with Crippen molar-refractivity contribution in [1.29, 1.82) is 0 Å². The van der Waals surface area contributed by atoms with Crippen molar-refractivity contribution in [2.45, 2.75) is 71.2 Å². The van der Waals surface area contributed by atoms with Gasteiger partial charge in [-0.1, -0.05) is 49.4 Å². The third-order valence-electron chi connectivity index (χ3n) is 5.21. The number of nitrogens with one attached hydrogen (secondary N) is 2. The number of carbonyl (C=O) groups excluding carboxylic acids is 3. The molecule has 0 saturated carbocycles. The van der Waals surface area contributed by atoms with Crippen molar-refractivity contribution in [2.75, 3.05) is 0 Å². The van der Waals surface area contributed by atoms with Crippen LogP contribution >= 0.6 is 0 Å². The number of hydrogen-bond donors (Lipinski definition) is 3. The molecule has 0 heterocycles. The number of carbonyl (C=O) groups is 3. The first-order valence-corrected chi connectivity index (χ1v) is 12.2. The van der Waals surface area contributed by atoms with E-state index in [1.807, 2.05) is 26.8 Å². The van der Waals surface area contributed by atoms with Gasteiger partial charge in [-0.05, 0) is 76.4 Å². The zero-order chi connectivity index (χ0) is 28.7. The van der Waals surface area contributed by atoms with Crippen LogP contribution in [0, 0.1) is 12.5 Å². The Balaban J connectivity index is 2.54. The molecule has 2 rings (SSSR count). The molecule has 2 aromatic rings. The number of hydrogen-bond acceptors (Lipinski definition) is 5. The standard InChI is InChI=1S/C30H37N3O5/c1-9-20-12-11-13-22(18-20)25(26(35)32-29(3,4)5)33(10-2)27(36)24(31-28(37)38-30(6,7)8)19-21-14-16-23(34)17-15-21/h2,9,11-18,24-25,34H,1,19H2,3-8H3,(H,31,37)(H,32,35). The molecule has 3 N–H and O–H groups in total. The maximum atomic E-state index is 13.9. The fraction of sp³-hybridized carbons (Fsp3) is 0.367. The molecule has 38 heavy (non-hydrogen) atoms. The van der Waals surface area contributed by atoms with Crippen LogP contribution in [0.25, 0.3) is 6.08 Å². The smallest absolute Gasteiger partial charge is 0.408 e. The largest absolute Gasteiger partial charge is 0.508 e. The lowest BCUT2D eigenvalue weighted by Crippen LogP contribution is -2.53. The van der Waals surface area contributed by atoms with Crippen molar-refractivity contribution < 1.29 is 24.2 Å². The van der Waals surface area contributed by atoms with E-state index in [-0.39, 0.29) is 12.2 Å². The summed E-state index contributed by atoms with van der Waals surface area (Å²) in [7, 11) is 0. The van der Waals surface area contributed by atoms with Gasteiger partial charge < -0.3 is 20.5 Å². The summed E-state index contributed by atoms with van der Waals surface area (Å²) in [5.41, 5.74) is 0.472. The molecular weight excluding hydrogens is 482 g/mol. The minimum absolute atomic E-state index is 0.0385. The van der Waals surface area contributed by atoms with Crippen LogP contribution in [0.2, 0.25) is 0 Å². The van der Waals surface area contributed by atoms with E-state index in [1.165, 1.54) is 12.1 Å². The minimum atomic E-state index is -1.19. The Hall–Kier alpha value is -4.25. The number of ether oxygens (including phenoxy) is 1. The molecule has 8 nitrogen and oxygen atoms in total. The lowest BCUT2D eigenvalue weighted by atomic mass is 9.98. The van der Waals surface area contributed by atoms with Crippen LogP contribution in [-0.2, 0) is 20.7 Å². The molecule has 0 saturated heterocycles. The monoisotopic (exact) mass is 519 g/mol. The van der Waals surface area contributed by atoms with E-state index in [4.69, 9.17) is 11.2 Å². The number of nitrogens with zero attached hydrogens (tertiary/aromatic N) is 1. The van der Waals surface area contributed by atoms with Crippen molar-refractivity contribution >= 4 is 24.0 Å². The van der Waals surface area contributed by atoms with E-state index >= 15 is 0 Å². The molecule has 0 aliphatic rings. The molecule has 2 unspecified atom stereocenters. The Bertz CT molecular complexity index is 1200. The van der Waals surface area contributed by atoms with Gasteiger partial charge in [0.1, 0.15) is 23.4 Å². The molecule has 2 aromatic carbocycles. The molecule has 0 radical (unpaired) electrons. The van der Waals surface area contributed by atoms with Crippen LogP contribution in [-0.4, -0.2) is 45.1 Å². The van der Waals surface area contributed by atoms with E-state index in [1.54, 1.807) is 57.2 Å². The van der Waals surface area contributed by atoms with Crippen LogP contribution in [0.4, 0.5) is 4.79 Å². The van der Waals surface area contributed by atoms with E-state index in [0.717, 1.165) is 10.5 Å².